The largest absolute Gasteiger partial charge is 0.489 e. The molecule has 2 heterocycles. The van der Waals surface area contributed by atoms with Crippen LogP contribution in [0.2, 0.25) is 10.0 Å². The molecule has 9 heteroatoms. The van der Waals surface area contributed by atoms with E-state index in [9.17, 15) is 4.79 Å². The van der Waals surface area contributed by atoms with Crippen LogP contribution in [0.15, 0.2) is 59.1 Å². The molecule has 0 aliphatic carbocycles. The lowest BCUT2D eigenvalue weighted by atomic mass is 10.2. The first kappa shape index (κ1) is 21.9. The first-order valence-electron chi connectivity index (χ1n) is 9.83. The van der Waals surface area contributed by atoms with Crippen molar-refractivity contribution in [3.05, 3.63) is 92.9 Å². The highest BCUT2D eigenvalue weighted by molar-refractivity contribution is 6.42. The zero-order valence-corrected chi connectivity index (χ0v) is 18.9. The van der Waals surface area contributed by atoms with Gasteiger partial charge in [-0.25, -0.2) is 0 Å². The number of halogens is 2. The highest BCUT2D eigenvalue weighted by Crippen LogP contribution is 2.24. The second-order valence-corrected chi connectivity index (χ2v) is 8.01. The zero-order valence-electron chi connectivity index (χ0n) is 17.4. The molecule has 1 amide bonds. The molecule has 164 valence electrons. The molecule has 0 radical (unpaired) electrons. The molecule has 0 aliphatic rings. The Hall–Kier alpha value is -3.29. The minimum Gasteiger partial charge on any atom is -0.489 e. The van der Waals surface area contributed by atoms with E-state index in [1.807, 2.05) is 43.3 Å². The summed E-state index contributed by atoms with van der Waals surface area (Å²) in [6.07, 6.45) is 0. The maximum Gasteiger partial charge on any atom is 0.279 e. The van der Waals surface area contributed by atoms with Gasteiger partial charge in [-0.1, -0.05) is 52.6 Å². The number of hydrogen-bond donors (Lipinski definition) is 1. The molecule has 0 fully saturated rings. The lowest BCUT2D eigenvalue weighted by molar-refractivity contribution is 0.101. The molecular formula is C23H20Cl2N4O3. The number of anilines is 1. The Labute approximate surface area is 194 Å². The van der Waals surface area contributed by atoms with E-state index in [4.69, 9.17) is 32.5 Å². The first-order chi connectivity index (χ1) is 15.4. The molecule has 0 saturated carbocycles. The highest BCUT2D eigenvalue weighted by atomic mass is 35.5. The van der Waals surface area contributed by atoms with Gasteiger partial charge in [0.25, 0.3) is 5.91 Å². The van der Waals surface area contributed by atoms with Gasteiger partial charge >= 0.3 is 0 Å². The average Bonchev–Trinajstić information content (AvgIpc) is 3.31. The molecule has 4 rings (SSSR count). The van der Waals surface area contributed by atoms with Crippen LogP contribution in [-0.2, 0) is 13.2 Å². The number of carbonyl (C=O) groups excluding carboxylic acids is 1. The van der Waals surface area contributed by atoms with Gasteiger partial charge in [-0.05, 0) is 43.7 Å². The van der Waals surface area contributed by atoms with Crippen LogP contribution in [-0.4, -0.2) is 20.8 Å². The quantitative estimate of drug-likeness (QED) is 0.375. The van der Waals surface area contributed by atoms with E-state index in [2.05, 4.69) is 15.6 Å². The van der Waals surface area contributed by atoms with Crippen molar-refractivity contribution in [2.75, 3.05) is 5.32 Å². The van der Waals surface area contributed by atoms with Gasteiger partial charge in [-0.15, -0.1) is 0 Å². The number of amides is 1. The van der Waals surface area contributed by atoms with Crippen molar-refractivity contribution in [1.29, 1.82) is 0 Å². The number of aryl methyl sites for hydroxylation is 2. The second kappa shape index (κ2) is 9.46. The molecule has 4 aromatic rings. The lowest BCUT2D eigenvalue weighted by Crippen LogP contribution is -2.16. The maximum absolute atomic E-state index is 12.9. The third-order valence-corrected chi connectivity index (χ3v) is 5.60. The van der Waals surface area contributed by atoms with Crippen LogP contribution in [0.25, 0.3) is 0 Å². The smallest absolute Gasteiger partial charge is 0.279 e. The maximum atomic E-state index is 12.9. The fourth-order valence-corrected chi connectivity index (χ4v) is 3.45. The van der Waals surface area contributed by atoms with Crippen LogP contribution in [0.5, 0.6) is 5.75 Å². The van der Waals surface area contributed by atoms with Crippen molar-refractivity contribution in [3.63, 3.8) is 0 Å². The van der Waals surface area contributed by atoms with Crippen molar-refractivity contribution in [3.8, 4) is 5.75 Å². The minimum absolute atomic E-state index is 0.160. The zero-order chi connectivity index (χ0) is 22.7. The monoisotopic (exact) mass is 470 g/mol. The number of hydrogen-bond acceptors (Lipinski definition) is 5. The third-order valence-electron chi connectivity index (χ3n) is 4.87. The Morgan fingerprint density at radius 2 is 1.88 bits per heavy atom. The Balaban J connectivity index is 1.46. The predicted octanol–water partition coefficient (Wildman–Crippen LogP) is 5.67. The van der Waals surface area contributed by atoms with Crippen molar-refractivity contribution in [2.24, 2.45) is 0 Å². The van der Waals surface area contributed by atoms with Gasteiger partial charge < -0.3 is 14.6 Å². The first-order valence-corrected chi connectivity index (χ1v) is 10.6. The summed E-state index contributed by atoms with van der Waals surface area (Å²) in [7, 11) is 0. The summed E-state index contributed by atoms with van der Waals surface area (Å²) in [4.78, 5) is 12.9. The van der Waals surface area contributed by atoms with E-state index in [-0.39, 0.29) is 12.3 Å². The summed E-state index contributed by atoms with van der Waals surface area (Å²) in [5.74, 6) is 1.19. The van der Waals surface area contributed by atoms with Crippen LogP contribution >= 0.6 is 23.2 Å². The van der Waals surface area contributed by atoms with E-state index >= 15 is 0 Å². The van der Waals surface area contributed by atoms with E-state index in [0.717, 1.165) is 11.3 Å². The molecule has 0 aliphatic heterocycles. The van der Waals surface area contributed by atoms with Crippen LogP contribution in [0.4, 0.5) is 5.82 Å². The van der Waals surface area contributed by atoms with E-state index in [1.165, 1.54) is 0 Å². The molecule has 0 atom stereocenters. The highest BCUT2D eigenvalue weighted by Gasteiger charge is 2.21. The molecule has 7 nitrogen and oxygen atoms in total. The van der Waals surface area contributed by atoms with Gasteiger partial charge in [0, 0.05) is 11.8 Å². The topological polar surface area (TPSA) is 82.2 Å². The summed E-state index contributed by atoms with van der Waals surface area (Å²) in [5, 5.41) is 12.1. The van der Waals surface area contributed by atoms with Crippen LogP contribution in [0.1, 0.15) is 33.1 Å². The Kier molecular flexibility index (Phi) is 6.48. The minimum atomic E-state index is -0.423. The summed E-state index contributed by atoms with van der Waals surface area (Å²) >= 11 is 12.1. The van der Waals surface area contributed by atoms with Gasteiger partial charge in [0.05, 0.1) is 22.2 Å². The average molecular weight is 471 g/mol. The van der Waals surface area contributed by atoms with Gasteiger partial charge in [0.15, 0.2) is 11.5 Å². The molecular weight excluding hydrogens is 451 g/mol. The molecule has 0 spiro atoms. The number of aromatic nitrogens is 3. The van der Waals surface area contributed by atoms with E-state index in [0.29, 0.717) is 39.5 Å². The van der Waals surface area contributed by atoms with Crippen molar-refractivity contribution >= 4 is 34.9 Å². The molecule has 1 N–H and O–H groups in total. The Morgan fingerprint density at radius 3 is 2.62 bits per heavy atom. The van der Waals surface area contributed by atoms with Crippen molar-refractivity contribution in [1.82, 2.24) is 14.9 Å². The summed E-state index contributed by atoms with van der Waals surface area (Å²) in [6.45, 7) is 4.29. The van der Waals surface area contributed by atoms with Gasteiger partial charge in [-0.2, -0.15) is 5.10 Å². The fraction of sp³-hybridized carbons (Fsp3) is 0.174. The van der Waals surface area contributed by atoms with Crippen molar-refractivity contribution in [2.45, 2.75) is 27.0 Å². The summed E-state index contributed by atoms with van der Waals surface area (Å²) in [5.41, 5.74) is 2.56. The Morgan fingerprint density at radius 1 is 1.09 bits per heavy atom. The number of rotatable bonds is 7. The van der Waals surface area contributed by atoms with Gasteiger partial charge in [-0.3, -0.25) is 9.48 Å². The number of ether oxygens (including phenoxy) is 1. The van der Waals surface area contributed by atoms with Crippen LogP contribution in [0, 0.1) is 13.8 Å². The summed E-state index contributed by atoms with van der Waals surface area (Å²) in [6, 6.07) is 16.5. The second-order valence-electron chi connectivity index (χ2n) is 7.20. The standard InChI is InChI=1S/C23H20Cl2N4O3/c1-14-10-21(27-29(14)12-16-8-9-19(24)20(25)11-16)26-23(30)22-18(15(2)32-28-22)13-31-17-6-4-3-5-7-17/h3-11H,12-13H2,1-2H3,(H,26,27,30). The normalized spacial score (nSPS) is 10.9. The van der Waals surface area contributed by atoms with Gasteiger partial charge in [0.1, 0.15) is 18.1 Å². The lowest BCUT2D eigenvalue weighted by Gasteiger charge is -2.07. The van der Waals surface area contributed by atoms with Gasteiger partial charge in [0.2, 0.25) is 0 Å². The molecule has 32 heavy (non-hydrogen) atoms. The summed E-state index contributed by atoms with van der Waals surface area (Å²) < 4.78 is 12.8. The number of nitrogens with one attached hydrogen (secondary N) is 1. The third kappa shape index (κ3) is 4.95. The molecule has 0 bridgehead atoms. The van der Waals surface area contributed by atoms with E-state index in [1.54, 1.807) is 29.8 Å². The molecule has 0 unspecified atom stereocenters. The van der Waals surface area contributed by atoms with Crippen LogP contribution < -0.4 is 10.1 Å². The van der Waals surface area contributed by atoms with E-state index < -0.39 is 5.91 Å². The fourth-order valence-electron chi connectivity index (χ4n) is 3.13. The molecule has 2 aromatic carbocycles. The number of carbonyl (C=O) groups is 1. The van der Waals surface area contributed by atoms with Crippen molar-refractivity contribution < 1.29 is 14.1 Å². The molecule has 0 saturated heterocycles. The number of nitrogens with zero attached hydrogens (tertiary/aromatic N) is 3. The number of para-hydroxylation sites is 1. The number of benzene rings is 2. The predicted molar refractivity (Wildman–Crippen MR) is 122 cm³/mol. The van der Waals surface area contributed by atoms with Crippen LogP contribution in [0.3, 0.4) is 0 Å². The molecule has 2 aromatic heterocycles. The SMILES string of the molecule is Cc1onc(C(=O)Nc2cc(C)n(Cc3ccc(Cl)c(Cl)c3)n2)c1COc1ccccc1. The Bertz CT molecular complexity index is 1250.